The molecule has 0 amide bonds. The van der Waals surface area contributed by atoms with Crippen molar-refractivity contribution in [2.24, 2.45) is 0 Å². The predicted molar refractivity (Wildman–Crippen MR) is 245 cm³/mol. The van der Waals surface area contributed by atoms with Crippen molar-refractivity contribution in [2.75, 3.05) is 0 Å². The summed E-state index contributed by atoms with van der Waals surface area (Å²) in [5, 5.41) is 2.25. The molecule has 5 heterocycles. The lowest BCUT2D eigenvalue weighted by atomic mass is 10.0. The number of benzene rings is 4. The maximum absolute atomic E-state index is 6.94. The molecule has 8 bridgehead atoms. The summed E-state index contributed by atoms with van der Waals surface area (Å²) in [5.74, 6) is 0. The highest BCUT2D eigenvalue weighted by Crippen LogP contribution is 2.56. The van der Waals surface area contributed by atoms with E-state index >= 15 is 0 Å². The smallest absolute Gasteiger partial charge is 0.0801 e. The van der Waals surface area contributed by atoms with Crippen molar-refractivity contribution in [3.05, 3.63) is 105 Å². The molecule has 9 rings (SSSR count). The summed E-state index contributed by atoms with van der Waals surface area (Å²) >= 11 is 108. The van der Waals surface area contributed by atoms with E-state index in [4.69, 9.17) is 196 Å². The van der Waals surface area contributed by atoms with Crippen molar-refractivity contribution in [3.8, 4) is 45.0 Å². The number of H-pyrrole nitrogens is 2. The molecule has 2 N–H and O–H groups in total. The number of hydrogen-bond acceptors (Lipinski definition) is 2. The molecule has 4 aromatic carbocycles. The summed E-state index contributed by atoms with van der Waals surface area (Å²) in [6, 6.07) is 6.66. The Morgan fingerprint density at radius 3 is 0.732 bits per heavy atom. The quantitative estimate of drug-likeness (QED) is 0.117. The van der Waals surface area contributed by atoms with Crippen LogP contribution < -0.4 is 0 Å². The predicted octanol–water partition coefficient (Wildman–Crippen LogP) is 19.7. The molecule has 0 radical (unpaired) electrons. The Labute approximate surface area is 394 Å². The molecule has 0 fully saturated rings. The van der Waals surface area contributed by atoms with Crippen molar-refractivity contribution in [3.63, 3.8) is 0 Å². The van der Waals surface area contributed by atoms with Crippen LogP contribution in [0.5, 0.6) is 0 Å². The molecule has 0 aliphatic carbocycles. The molecule has 0 atom stereocenters. The fourth-order valence-corrected chi connectivity index (χ4v) is 11.1. The highest BCUT2D eigenvalue weighted by Gasteiger charge is 2.32. The molecule has 7 aromatic rings. The molecule has 56 heavy (non-hydrogen) atoms. The lowest BCUT2D eigenvalue weighted by Gasteiger charge is -2.11. The third-order valence-corrected chi connectivity index (χ3v) is 16.5. The molecule has 2 aliphatic heterocycles. The van der Waals surface area contributed by atoms with Gasteiger partial charge in [-0.15, -0.1) is 0 Å². The molecule has 282 valence electrons. The van der Waals surface area contributed by atoms with Gasteiger partial charge in [0.15, 0.2) is 0 Å². The van der Waals surface area contributed by atoms with Crippen molar-refractivity contribution in [1.29, 1.82) is 0 Å². The molecule has 0 saturated heterocycles. The molecular formula is C36H6Cl16N4. The second kappa shape index (κ2) is 14.4. The first-order valence-corrected chi connectivity index (χ1v) is 21.3. The average molecular weight is 1060 g/mol. The van der Waals surface area contributed by atoms with Gasteiger partial charge in [0.2, 0.25) is 0 Å². The van der Waals surface area contributed by atoms with E-state index in [-0.39, 0.29) is 103 Å². The first-order chi connectivity index (χ1) is 26.4. The highest BCUT2D eigenvalue weighted by atomic mass is 35.5. The minimum atomic E-state index is -0.00229. The van der Waals surface area contributed by atoms with Gasteiger partial charge >= 0.3 is 0 Å². The lowest BCUT2D eigenvalue weighted by Crippen LogP contribution is -1.87. The van der Waals surface area contributed by atoms with Crippen LogP contribution in [-0.4, -0.2) is 19.9 Å². The fourth-order valence-electron chi connectivity index (χ4n) is 6.92. The van der Waals surface area contributed by atoms with Crippen molar-refractivity contribution in [2.45, 2.75) is 0 Å². The van der Waals surface area contributed by atoms with E-state index in [1.807, 2.05) is 0 Å². The number of aromatic nitrogens is 4. The van der Waals surface area contributed by atoms with Gasteiger partial charge in [0.1, 0.15) is 0 Å². The Morgan fingerprint density at radius 2 is 0.464 bits per heavy atom. The minimum absolute atomic E-state index is 0.000102. The van der Waals surface area contributed by atoms with Crippen molar-refractivity contribution in [1.82, 2.24) is 19.9 Å². The summed E-state index contributed by atoms with van der Waals surface area (Å²) in [7, 11) is 0. The number of nitrogens with one attached hydrogen (secondary N) is 2. The monoisotopic (exact) mass is 1050 g/mol. The Morgan fingerprint density at radius 1 is 0.250 bits per heavy atom. The number of aromatic amines is 2. The zero-order valence-corrected chi connectivity index (χ0v) is 38.3. The molecule has 20 heteroatoms. The summed E-state index contributed by atoms with van der Waals surface area (Å²) < 4.78 is 0. The topological polar surface area (TPSA) is 57.4 Å². The third-order valence-electron chi connectivity index (χ3n) is 9.32. The second-order valence-corrected chi connectivity index (χ2v) is 18.3. The molecule has 0 saturated carbocycles. The van der Waals surface area contributed by atoms with Gasteiger partial charge in [-0.1, -0.05) is 186 Å². The molecule has 3 aromatic heterocycles. The largest absolute Gasteiger partial charge is 0.354 e. The van der Waals surface area contributed by atoms with Crippen LogP contribution in [0.2, 0.25) is 80.4 Å². The number of nitrogens with zero attached hydrogens (tertiary/aromatic N) is 2. The van der Waals surface area contributed by atoms with Crippen LogP contribution in [0.4, 0.5) is 0 Å². The zero-order valence-electron chi connectivity index (χ0n) is 26.3. The Kier molecular flexibility index (Phi) is 10.4. The van der Waals surface area contributed by atoms with E-state index in [0.717, 1.165) is 0 Å². The van der Waals surface area contributed by atoms with Crippen LogP contribution in [0.3, 0.4) is 0 Å². The van der Waals surface area contributed by atoms with Gasteiger partial charge in [0, 0.05) is 43.8 Å². The Hall–Kier alpha value is -0.840. The van der Waals surface area contributed by atoms with Gasteiger partial charge in [-0.05, 0) is 24.3 Å². The minimum Gasteiger partial charge on any atom is -0.354 e. The van der Waals surface area contributed by atoms with Crippen molar-refractivity contribution < 1.29 is 0 Å². The normalized spacial score (nSPS) is 12.3. The number of halogens is 16. The molecule has 2 aliphatic rings. The van der Waals surface area contributed by atoms with E-state index in [9.17, 15) is 0 Å². The van der Waals surface area contributed by atoms with E-state index in [1.165, 1.54) is 0 Å². The first-order valence-electron chi connectivity index (χ1n) is 15.2. The number of fused-ring (bicyclic) bond motifs is 20. The summed E-state index contributed by atoms with van der Waals surface area (Å²) in [6.07, 6.45) is 0. The van der Waals surface area contributed by atoms with Crippen LogP contribution in [-0.2, 0) is 0 Å². The van der Waals surface area contributed by atoms with Crippen LogP contribution in [0.15, 0.2) is 24.3 Å². The third kappa shape index (κ3) is 5.71. The van der Waals surface area contributed by atoms with E-state index < -0.39 is 0 Å². The van der Waals surface area contributed by atoms with Crippen LogP contribution >= 0.6 is 186 Å². The van der Waals surface area contributed by atoms with Gasteiger partial charge in [0.05, 0.1) is 125 Å². The Bertz CT molecular complexity index is 3010. The maximum Gasteiger partial charge on any atom is 0.0801 e. The SMILES string of the molecule is Clc1c(Cl)c(Cl)c2c(c1Cl)-c1cc3nc(cc4[nH]c(cc5[nH]c(cc-2n1)c1c(Cl)c(Cl)c(Cl)c(Cl)c51)c1c(Cl)c(Cl)c(Cl)c(Cl)c41)-c1c(Cl)c(Cl)c(Cl)c(Cl)c1-3. The maximum atomic E-state index is 6.94. The highest BCUT2D eigenvalue weighted by molar-refractivity contribution is 6.59. The van der Waals surface area contributed by atoms with Gasteiger partial charge in [0.25, 0.3) is 0 Å². The molecule has 4 nitrogen and oxygen atoms in total. The van der Waals surface area contributed by atoms with Crippen molar-refractivity contribution >= 4 is 229 Å². The second-order valence-electron chi connectivity index (χ2n) is 12.3. The fraction of sp³-hybridized carbons (Fsp3) is 0. The zero-order chi connectivity index (χ0) is 40.1. The van der Waals surface area contributed by atoms with Gasteiger partial charge < -0.3 is 9.97 Å². The summed E-state index contributed by atoms with van der Waals surface area (Å²) in [6.45, 7) is 0. The van der Waals surface area contributed by atoms with Gasteiger partial charge in [-0.2, -0.15) is 0 Å². The van der Waals surface area contributed by atoms with E-state index in [1.54, 1.807) is 24.3 Å². The van der Waals surface area contributed by atoms with Gasteiger partial charge in [-0.25, -0.2) is 9.97 Å². The molecule has 0 spiro atoms. The number of hydrogen-bond donors (Lipinski definition) is 2. The van der Waals surface area contributed by atoms with E-state index in [2.05, 4.69) is 9.97 Å². The summed E-state index contributed by atoms with van der Waals surface area (Å²) in [5.41, 5.74) is 4.05. The average Bonchev–Trinajstić information content (AvgIpc) is 3.92. The molecule has 0 unspecified atom stereocenters. The van der Waals surface area contributed by atoms with Crippen LogP contribution in [0.25, 0.3) is 88.6 Å². The van der Waals surface area contributed by atoms with E-state index in [0.29, 0.717) is 65.9 Å². The standard InChI is InChI=1S/C36H6Cl16N4/c37-21-13-5-1-6-14-16(24(40)32(48)30(46)22(14)38)8(54-6)3-10-18-20(28(44)36(52)34(50)26(18)42)12(56-10)4-11-19-17(25(41)33(49)35(51)27(19)43)9(55-11)2-7(53-5)15(13)23(39)31(47)29(21)45/h1-4,53-54H. The lowest BCUT2D eigenvalue weighted by molar-refractivity contribution is 1.38. The number of rotatable bonds is 0. The summed E-state index contributed by atoms with van der Waals surface area (Å²) in [4.78, 5) is 16.7. The Balaban J connectivity index is 1.61. The van der Waals surface area contributed by atoms with Gasteiger partial charge in [-0.3, -0.25) is 0 Å². The van der Waals surface area contributed by atoms with Crippen LogP contribution in [0, 0.1) is 0 Å². The van der Waals surface area contributed by atoms with Crippen LogP contribution in [0.1, 0.15) is 0 Å². The first kappa shape index (κ1) is 40.6. The molecular weight excluding hydrogens is 1060 g/mol.